The lowest BCUT2D eigenvalue weighted by Crippen LogP contribution is -2.42. The van der Waals surface area contributed by atoms with Crippen LogP contribution in [0.25, 0.3) is 0 Å². The van der Waals surface area contributed by atoms with E-state index in [1.165, 1.54) is 168 Å². The van der Waals surface area contributed by atoms with Gasteiger partial charge in [-0.3, -0.25) is 0 Å². The average Bonchev–Trinajstić information content (AvgIpc) is 2.81. The Labute approximate surface area is 209 Å². The van der Waals surface area contributed by atoms with Crippen LogP contribution in [0.1, 0.15) is 142 Å². The third kappa shape index (κ3) is 19.8. The zero-order valence-corrected chi connectivity index (χ0v) is 23.4. The maximum Gasteiger partial charge on any atom is 0.0107 e. The maximum absolute atomic E-state index is 3.74. The molecular weight excluding hydrogens is 402 g/mol. The van der Waals surface area contributed by atoms with Crippen molar-refractivity contribution in [2.45, 2.75) is 148 Å². The fourth-order valence-corrected chi connectivity index (χ4v) is 5.46. The Morgan fingerprint density at radius 1 is 0.667 bits per heavy atom. The number of unbranched alkanes of at least 4 members (excludes halogenated alkanes) is 15. The molecule has 1 N–H and O–H groups in total. The summed E-state index contributed by atoms with van der Waals surface area (Å²) in [5.41, 5.74) is 0. The van der Waals surface area contributed by atoms with Gasteiger partial charge in [-0.05, 0) is 78.9 Å². The minimum absolute atomic E-state index is 0.833. The van der Waals surface area contributed by atoms with Gasteiger partial charge in [0, 0.05) is 6.04 Å². The molecule has 1 fully saturated rings. The fourth-order valence-electron chi connectivity index (χ4n) is 5.46. The highest BCUT2D eigenvalue weighted by Gasteiger charge is 2.21. The second kappa shape index (κ2) is 23.6. The van der Waals surface area contributed by atoms with Crippen molar-refractivity contribution >= 4 is 0 Å². The van der Waals surface area contributed by atoms with Crippen LogP contribution in [-0.4, -0.2) is 62.7 Å². The summed E-state index contributed by atoms with van der Waals surface area (Å²) in [6, 6.07) is 0.833. The minimum Gasteiger partial charge on any atom is -0.317 e. The Balaban J connectivity index is 1.80. The molecule has 0 radical (unpaired) electrons. The van der Waals surface area contributed by atoms with Crippen molar-refractivity contribution in [2.24, 2.45) is 0 Å². The molecule has 0 aliphatic carbocycles. The molecular formula is C30H63N3. The lowest BCUT2D eigenvalue weighted by atomic mass is 9.99. The summed E-state index contributed by atoms with van der Waals surface area (Å²) >= 11 is 0. The Morgan fingerprint density at radius 3 is 1.76 bits per heavy atom. The van der Waals surface area contributed by atoms with E-state index in [4.69, 9.17) is 0 Å². The number of hydrogen-bond acceptors (Lipinski definition) is 3. The highest BCUT2D eigenvalue weighted by molar-refractivity contribution is 4.77. The van der Waals surface area contributed by atoms with Gasteiger partial charge in [-0.15, -0.1) is 0 Å². The Kier molecular flexibility index (Phi) is 22.1. The van der Waals surface area contributed by atoms with E-state index >= 15 is 0 Å². The molecule has 0 aromatic rings. The molecule has 1 heterocycles. The summed E-state index contributed by atoms with van der Waals surface area (Å²) < 4.78 is 0. The van der Waals surface area contributed by atoms with Crippen LogP contribution in [0.3, 0.4) is 0 Å². The van der Waals surface area contributed by atoms with E-state index in [2.05, 4.69) is 36.1 Å². The molecule has 3 heteroatoms. The first kappa shape index (κ1) is 30.9. The van der Waals surface area contributed by atoms with E-state index in [9.17, 15) is 0 Å². The summed E-state index contributed by atoms with van der Waals surface area (Å²) in [5, 5.41) is 3.74. The third-order valence-electron chi connectivity index (χ3n) is 7.66. The zero-order valence-electron chi connectivity index (χ0n) is 23.4. The number of hydrogen-bond donors (Lipinski definition) is 1. The highest BCUT2D eigenvalue weighted by atomic mass is 15.2. The van der Waals surface area contributed by atoms with Gasteiger partial charge in [-0.2, -0.15) is 0 Å². The maximum atomic E-state index is 3.74. The molecule has 1 rings (SSSR count). The van der Waals surface area contributed by atoms with Crippen LogP contribution < -0.4 is 5.32 Å². The molecule has 0 spiro atoms. The highest BCUT2D eigenvalue weighted by Crippen LogP contribution is 2.19. The lowest BCUT2D eigenvalue weighted by Gasteiger charge is -2.36. The lowest BCUT2D eigenvalue weighted by molar-refractivity contribution is 0.134. The van der Waals surface area contributed by atoms with Crippen molar-refractivity contribution in [1.82, 2.24) is 15.1 Å². The van der Waals surface area contributed by atoms with Crippen LogP contribution in [0.15, 0.2) is 0 Å². The quantitative estimate of drug-likeness (QED) is 0.145. The van der Waals surface area contributed by atoms with E-state index in [1.807, 2.05) is 0 Å². The zero-order chi connectivity index (χ0) is 23.8. The van der Waals surface area contributed by atoms with Crippen molar-refractivity contribution in [3.8, 4) is 0 Å². The molecule has 1 aliphatic rings. The van der Waals surface area contributed by atoms with Gasteiger partial charge < -0.3 is 15.1 Å². The summed E-state index contributed by atoms with van der Waals surface area (Å²) in [4.78, 5) is 5.10. The van der Waals surface area contributed by atoms with Gasteiger partial charge in [0.2, 0.25) is 0 Å². The number of nitrogens with one attached hydrogen (secondary N) is 1. The van der Waals surface area contributed by atoms with Gasteiger partial charge >= 0.3 is 0 Å². The number of rotatable bonds is 24. The Hall–Kier alpha value is -0.120. The normalized spacial score (nSPS) is 17.3. The van der Waals surface area contributed by atoms with Crippen LogP contribution in [-0.2, 0) is 0 Å². The molecule has 198 valence electrons. The smallest absolute Gasteiger partial charge is 0.0107 e. The summed E-state index contributed by atoms with van der Waals surface area (Å²) in [5.74, 6) is 0. The van der Waals surface area contributed by atoms with E-state index in [1.54, 1.807) is 0 Å². The van der Waals surface area contributed by atoms with Gasteiger partial charge in [-0.25, -0.2) is 0 Å². The largest absolute Gasteiger partial charge is 0.317 e. The van der Waals surface area contributed by atoms with Crippen molar-refractivity contribution in [2.75, 3.05) is 46.8 Å². The first-order valence-corrected chi connectivity index (χ1v) is 15.3. The molecule has 0 aromatic heterocycles. The standard InChI is InChI=1S/C30H63N3/c1-4-5-6-7-8-9-10-11-12-13-14-15-16-17-18-20-25-31-26-24-30-23-19-21-28-33(30)29-22-27-32(2)3/h30-31H,4-29H2,1-3H3. The fraction of sp³-hybridized carbons (Fsp3) is 1.00. The van der Waals surface area contributed by atoms with Gasteiger partial charge in [-0.1, -0.05) is 110 Å². The molecule has 0 amide bonds. The molecule has 0 bridgehead atoms. The van der Waals surface area contributed by atoms with E-state index in [-0.39, 0.29) is 0 Å². The predicted octanol–water partition coefficient (Wildman–Crippen LogP) is 8.03. The first-order chi connectivity index (χ1) is 16.2. The van der Waals surface area contributed by atoms with Crippen LogP contribution in [0.5, 0.6) is 0 Å². The average molecular weight is 466 g/mol. The Morgan fingerprint density at radius 2 is 1.21 bits per heavy atom. The van der Waals surface area contributed by atoms with Crippen molar-refractivity contribution < 1.29 is 0 Å². The molecule has 3 nitrogen and oxygen atoms in total. The third-order valence-corrected chi connectivity index (χ3v) is 7.66. The monoisotopic (exact) mass is 466 g/mol. The summed E-state index contributed by atoms with van der Waals surface area (Å²) in [6.45, 7) is 8.59. The topological polar surface area (TPSA) is 18.5 Å². The van der Waals surface area contributed by atoms with Crippen molar-refractivity contribution in [3.05, 3.63) is 0 Å². The van der Waals surface area contributed by atoms with Crippen molar-refractivity contribution in [1.29, 1.82) is 0 Å². The van der Waals surface area contributed by atoms with Gasteiger partial charge in [0.25, 0.3) is 0 Å². The number of likely N-dealkylation sites (tertiary alicyclic amines) is 1. The van der Waals surface area contributed by atoms with Gasteiger partial charge in [0.05, 0.1) is 0 Å². The predicted molar refractivity (Wildman–Crippen MR) is 149 cm³/mol. The van der Waals surface area contributed by atoms with Gasteiger partial charge in [0.15, 0.2) is 0 Å². The number of nitrogens with zero attached hydrogens (tertiary/aromatic N) is 2. The molecule has 0 aromatic carbocycles. The Bertz CT molecular complexity index is 385. The van der Waals surface area contributed by atoms with Crippen LogP contribution in [0.4, 0.5) is 0 Å². The van der Waals surface area contributed by atoms with E-state index < -0.39 is 0 Å². The molecule has 1 unspecified atom stereocenters. The second-order valence-corrected chi connectivity index (χ2v) is 11.2. The number of piperidine rings is 1. The van der Waals surface area contributed by atoms with Crippen molar-refractivity contribution in [3.63, 3.8) is 0 Å². The van der Waals surface area contributed by atoms with E-state index in [0.717, 1.165) is 6.04 Å². The van der Waals surface area contributed by atoms with Crippen LogP contribution in [0.2, 0.25) is 0 Å². The summed E-state index contributed by atoms with van der Waals surface area (Å²) in [6.07, 6.45) is 30.2. The molecule has 33 heavy (non-hydrogen) atoms. The van der Waals surface area contributed by atoms with Crippen LogP contribution >= 0.6 is 0 Å². The van der Waals surface area contributed by atoms with Gasteiger partial charge in [0.1, 0.15) is 0 Å². The molecule has 1 aliphatic heterocycles. The molecule has 1 atom stereocenters. The molecule has 1 saturated heterocycles. The first-order valence-electron chi connectivity index (χ1n) is 15.3. The summed E-state index contributed by atoms with van der Waals surface area (Å²) in [7, 11) is 4.38. The SMILES string of the molecule is CCCCCCCCCCCCCCCCCCNCCC1CCCCN1CCCN(C)C. The minimum atomic E-state index is 0.833. The van der Waals surface area contributed by atoms with E-state index in [0.29, 0.717) is 0 Å². The van der Waals surface area contributed by atoms with Crippen LogP contribution in [0, 0.1) is 0 Å². The second-order valence-electron chi connectivity index (χ2n) is 11.2. The molecule has 0 saturated carbocycles.